The van der Waals surface area contributed by atoms with Crippen molar-refractivity contribution >= 4 is 37.4 Å². The fourth-order valence-electron chi connectivity index (χ4n) is 4.50. The van der Waals surface area contributed by atoms with Crippen LogP contribution in [0.2, 0.25) is 0 Å². The number of alkyl halides is 3. The normalized spacial score (nSPS) is 18.3. The van der Waals surface area contributed by atoms with Crippen molar-refractivity contribution < 1.29 is 70.6 Å². The minimum atomic E-state index is -4.76. The van der Waals surface area contributed by atoms with Crippen molar-refractivity contribution in [2.75, 3.05) is 17.4 Å². The number of allylic oxidation sites excluding steroid dienone is 1. The zero-order valence-electron chi connectivity index (χ0n) is 21.3. The van der Waals surface area contributed by atoms with E-state index in [0.29, 0.717) is 16.6 Å². The molecule has 1 atom stereocenters. The SMILES string of the molecule is CS(=O)(=O)c1cc(C#N)ccc1C1C2=C(CCC2=O)N(c2cccc(C(F)(F)F)c2)C(=O)N1S(C)(=O)=O.[H-].[Na+]. The number of nitrogens with zero attached hydrogens (tertiary/aromatic N) is 3. The first-order valence-corrected chi connectivity index (χ1v) is 14.3. The predicted molar refractivity (Wildman–Crippen MR) is 125 cm³/mol. The molecule has 2 aliphatic rings. The van der Waals surface area contributed by atoms with Gasteiger partial charge < -0.3 is 1.43 Å². The number of hydrogen-bond donors (Lipinski definition) is 0. The number of urea groups is 1. The van der Waals surface area contributed by atoms with E-state index in [9.17, 15) is 44.9 Å². The number of rotatable bonds is 4. The van der Waals surface area contributed by atoms with Gasteiger partial charge in [0.25, 0.3) is 0 Å². The molecule has 0 fully saturated rings. The van der Waals surface area contributed by atoms with Crippen LogP contribution in [0.1, 0.15) is 37.0 Å². The van der Waals surface area contributed by atoms with Crippen LogP contribution < -0.4 is 34.5 Å². The van der Waals surface area contributed by atoms with Crippen molar-refractivity contribution in [2.45, 2.75) is 30.0 Å². The molecule has 1 aliphatic heterocycles. The number of sulfonamides is 1. The number of nitriles is 1. The molecule has 9 nitrogen and oxygen atoms in total. The van der Waals surface area contributed by atoms with Crippen LogP contribution in [0.3, 0.4) is 0 Å². The first-order valence-electron chi connectivity index (χ1n) is 10.6. The first-order chi connectivity index (χ1) is 17.1. The Morgan fingerprint density at radius 3 is 2.24 bits per heavy atom. The number of anilines is 1. The summed E-state index contributed by atoms with van der Waals surface area (Å²) < 4.78 is 91.5. The number of ketones is 1. The molecule has 0 N–H and O–H groups in total. The maximum absolute atomic E-state index is 13.7. The molecule has 38 heavy (non-hydrogen) atoms. The van der Waals surface area contributed by atoms with E-state index < -0.39 is 54.4 Å². The Labute approximate surface area is 240 Å². The van der Waals surface area contributed by atoms with E-state index in [2.05, 4.69) is 0 Å². The van der Waals surface area contributed by atoms with Gasteiger partial charge in [0.15, 0.2) is 15.6 Å². The van der Waals surface area contributed by atoms with Crippen LogP contribution in [0, 0.1) is 11.3 Å². The summed E-state index contributed by atoms with van der Waals surface area (Å²) in [5, 5.41) is 9.23. The average Bonchev–Trinajstić information content (AvgIpc) is 3.17. The third-order valence-corrected chi connectivity index (χ3v) is 8.22. The fraction of sp³-hybridized carbons (Fsp3) is 0.261. The van der Waals surface area contributed by atoms with E-state index in [1.54, 1.807) is 6.07 Å². The second kappa shape index (κ2) is 10.1. The van der Waals surface area contributed by atoms with Crippen LogP contribution in [0.15, 0.2) is 58.6 Å². The number of carbonyl (C=O) groups is 2. The largest absolute Gasteiger partial charge is 1.00 e. The van der Waals surface area contributed by atoms with E-state index in [0.717, 1.165) is 35.4 Å². The maximum atomic E-state index is 13.7. The van der Waals surface area contributed by atoms with E-state index in [1.807, 2.05) is 0 Å². The van der Waals surface area contributed by atoms with Crippen molar-refractivity contribution in [2.24, 2.45) is 0 Å². The van der Waals surface area contributed by atoms with Crippen molar-refractivity contribution in [3.05, 3.63) is 70.4 Å². The third kappa shape index (κ3) is 5.26. The second-order valence-corrected chi connectivity index (χ2v) is 12.4. The van der Waals surface area contributed by atoms with E-state index >= 15 is 0 Å². The minimum absolute atomic E-state index is 0. The minimum Gasteiger partial charge on any atom is -1.00 e. The first kappa shape index (κ1) is 29.9. The van der Waals surface area contributed by atoms with Crippen LogP contribution in [0.4, 0.5) is 23.7 Å². The second-order valence-electron chi connectivity index (χ2n) is 8.55. The van der Waals surface area contributed by atoms with Gasteiger partial charge in [-0.1, -0.05) is 12.1 Å². The molecular formula is C23H19F3N3NaO6S2. The Morgan fingerprint density at radius 2 is 1.68 bits per heavy atom. The summed E-state index contributed by atoms with van der Waals surface area (Å²) in [5.41, 5.74) is -1.94. The summed E-state index contributed by atoms with van der Waals surface area (Å²) >= 11 is 0. The molecule has 1 heterocycles. The quantitative estimate of drug-likeness (QED) is 0.488. The van der Waals surface area contributed by atoms with Gasteiger partial charge in [-0.3, -0.25) is 9.69 Å². The van der Waals surface area contributed by atoms with Crippen LogP contribution in [-0.4, -0.2) is 45.5 Å². The zero-order chi connectivity index (χ0) is 27.5. The molecule has 0 radical (unpaired) electrons. The van der Waals surface area contributed by atoms with Gasteiger partial charge in [0.1, 0.15) is 6.04 Å². The van der Waals surface area contributed by atoms with Gasteiger partial charge >= 0.3 is 41.8 Å². The van der Waals surface area contributed by atoms with E-state index in [4.69, 9.17) is 0 Å². The Hall–Kier alpha value is -2.70. The molecule has 0 spiro atoms. The predicted octanol–water partition coefficient (Wildman–Crippen LogP) is 0.657. The van der Waals surface area contributed by atoms with Crippen molar-refractivity contribution in [3.63, 3.8) is 0 Å². The topological polar surface area (TPSA) is 133 Å². The molecule has 2 amide bonds. The Morgan fingerprint density at radius 1 is 1.03 bits per heavy atom. The molecule has 2 aromatic carbocycles. The average molecular weight is 578 g/mol. The Bertz CT molecular complexity index is 1650. The molecule has 1 aliphatic carbocycles. The van der Waals surface area contributed by atoms with Crippen molar-refractivity contribution in [1.29, 1.82) is 5.26 Å². The van der Waals surface area contributed by atoms with Crippen LogP contribution in [0.25, 0.3) is 0 Å². The maximum Gasteiger partial charge on any atom is 1.00 e. The number of carbonyl (C=O) groups excluding carboxylic acids is 2. The molecule has 196 valence electrons. The van der Waals surface area contributed by atoms with Gasteiger partial charge in [-0.2, -0.15) is 18.4 Å². The molecule has 2 aromatic rings. The standard InChI is InChI=1S/C23H18F3N3O6S2.Na.H/c1-36(32,33)19-10-13(12-27)6-7-16(19)21-20-17(8-9-18(20)30)28(22(31)29(21)37(2,34)35)15-5-3-4-14(11-15)23(24,25)26;;/h3-7,10-11,21H,8-9H2,1-2H3;;/q;+1;-1. The molecule has 1 unspecified atom stereocenters. The number of benzene rings is 2. The Kier molecular flexibility index (Phi) is 7.95. The summed E-state index contributed by atoms with van der Waals surface area (Å²) in [4.78, 5) is 27.0. The summed E-state index contributed by atoms with van der Waals surface area (Å²) in [6.45, 7) is 0. The van der Waals surface area contributed by atoms with Gasteiger partial charge in [0, 0.05) is 23.9 Å². The number of amides is 2. The number of sulfone groups is 1. The molecule has 15 heteroatoms. The number of hydrogen-bond acceptors (Lipinski definition) is 7. The Balaban J connectivity index is 0.00000267. The monoisotopic (exact) mass is 577 g/mol. The molecular weight excluding hydrogens is 558 g/mol. The third-order valence-electron chi connectivity index (χ3n) is 5.98. The van der Waals surface area contributed by atoms with Gasteiger partial charge in [-0.25, -0.2) is 25.9 Å². The van der Waals surface area contributed by atoms with Crippen LogP contribution in [0.5, 0.6) is 0 Å². The van der Waals surface area contributed by atoms with E-state index in [1.165, 1.54) is 12.1 Å². The molecule has 0 bridgehead atoms. The zero-order valence-corrected chi connectivity index (χ0v) is 23.9. The number of halogens is 3. The number of Topliss-reactive ketones (excluding diaryl/α,β-unsaturated/α-hetero) is 1. The van der Waals surface area contributed by atoms with Gasteiger partial charge in [-0.15, -0.1) is 0 Å². The molecule has 0 aromatic heterocycles. The smallest absolute Gasteiger partial charge is 1.00 e. The fourth-order valence-corrected chi connectivity index (χ4v) is 6.42. The molecule has 4 rings (SSSR count). The summed E-state index contributed by atoms with van der Waals surface area (Å²) in [5.74, 6) is -0.595. The van der Waals surface area contributed by atoms with Crippen molar-refractivity contribution in [3.8, 4) is 6.07 Å². The molecule has 0 saturated carbocycles. The molecule has 0 saturated heterocycles. The van der Waals surface area contributed by atoms with Crippen LogP contribution in [-0.2, 0) is 30.8 Å². The summed E-state index contributed by atoms with van der Waals surface area (Å²) in [6.07, 6.45) is -3.54. The summed E-state index contributed by atoms with van der Waals surface area (Å²) in [7, 11) is -8.61. The van der Waals surface area contributed by atoms with E-state index in [-0.39, 0.29) is 71.9 Å². The summed E-state index contributed by atoms with van der Waals surface area (Å²) in [6, 6.07) is 5.84. The van der Waals surface area contributed by atoms with Gasteiger partial charge in [0.2, 0.25) is 10.0 Å². The van der Waals surface area contributed by atoms with Gasteiger partial charge in [0.05, 0.1) is 34.0 Å². The van der Waals surface area contributed by atoms with Gasteiger partial charge in [-0.05, 0) is 42.3 Å². The van der Waals surface area contributed by atoms with Crippen molar-refractivity contribution in [1.82, 2.24) is 4.31 Å². The van der Waals surface area contributed by atoms with Crippen LogP contribution >= 0.6 is 0 Å².